The van der Waals surface area contributed by atoms with Crippen LogP contribution in [-0.2, 0) is 0 Å². The molecule has 0 radical (unpaired) electrons. The Morgan fingerprint density at radius 2 is 1.64 bits per heavy atom. The molecule has 0 saturated carbocycles. The lowest BCUT2D eigenvalue weighted by Crippen LogP contribution is -2.17. The first-order valence-electron chi connectivity index (χ1n) is 6.11. The first-order valence-corrected chi connectivity index (χ1v) is 6.11. The third-order valence-corrected chi connectivity index (χ3v) is 2.94. The fourth-order valence-electron chi connectivity index (χ4n) is 1.89. The third kappa shape index (κ3) is 3.74. The summed E-state index contributed by atoms with van der Waals surface area (Å²) < 4.78 is 53.2. The van der Waals surface area contributed by atoms with E-state index in [9.17, 15) is 17.6 Å². The maximum Gasteiger partial charge on any atom is 0.573 e. The van der Waals surface area contributed by atoms with Crippen LogP contribution >= 0.6 is 0 Å². The van der Waals surface area contributed by atoms with Crippen LogP contribution in [0.3, 0.4) is 0 Å². The topological polar surface area (TPSA) is 59.0 Å². The van der Waals surface area contributed by atoms with E-state index >= 15 is 0 Å². The standard InChI is InChI=1S/C15H10F4N2O/c16-13-6-3-10(7-11(13)8-20)14(21)9-1-4-12(5-2-9)22-15(17,18)19/h1-7,14H,21H2/t14-/m0/s1. The molecule has 2 N–H and O–H groups in total. The lowest BCUT2D eigenvalue weighted by molar-refractivity contribution is -0.274. The monoisotopic (exact) mass is 310 g/mol. The van der Waals surface area contributed by atoms with Gasteiger partial charge in [0.25, 0.3) is 0 Å². The molecule has 0 aliphatic rings. The number of nitrogens with zero attached hydrogens (tertiary/aromatic N) is 1. The van der Waals surface area contributed by atoms with Crippen molar-refractivity contribution in [3.63, 3.8) is 0 Å². The average Bonchev–Trinajstić information content (AvgIpc) is 2.46. The summed E-state index contributed by atoms with van der Waals surface area (Å²) >= 11 is 0. The van der Waals surface area contributed by atoms with Crippen LogP contribution in [0.2, 0.25) is 0 Å². The number of alkyl halides is 3. The van der Waals surface area contributed by atoms with Crippen molar-refractivity contribution in [2.75, 3.05) is 0 Å². The highest BCUT2D eigenvalue weighted by atomic mass is 19.4. The highest BCUT2D eigenvalue weighted by molar-refractivity contribution is 5.40. The summed E-state index contributed by atoms with van der Waals surface area (Å²) in [6.45, 7) is 0. The summed E-state index contributed by atoms with van der Waals surface area (Å²) in [6.07, 6.45) is -4.76. The van der Waals surface area contributed by atoms with Gasteiger partial charge in [0, 0.05) is 0 Å². The summed E-state index contributed by atoms with van der Waals surface area (Å²) in [5.74, 6) is -1.02. The van der Waals surface area contributed by atoms with Gasteiger partial charge in [0.2, 0.25) is 0 Å². The Balaban J connectivity index is 2.23. The Hall–Kier alpha value is -2.59. The maximum absolute atomic E-state index is 13.3. The minimum atomic E-state index is -4.76. The Morgan fingerprint density at radius 1 is 1.05 bits per heavy atom. The van der Waals surface area contributed by atoms with Gasteiger partial charge in [-0.2, -0.15) is 5.26 Å². The third-order valence-electron chi connectivity index (χ3n) is 2.94. The van der Waals surface area contributed by atoms with E-state index in [1.165, 1.54) is 24.3 Å². The molecule has 0 heterocycles. The van der Waals surface area contributed by atoms with E-state index in [4.69, 9.17) is 11.0 Å². The first kappa shape index (κ1) is 15.8. The first-order chi connectivity index (χ1) is 10.3. The molecule has 3 nitrogen and oxygen atoms in total. The van der Waals surface area contributed by atoms with E-state index in [1.807, 2.05) is 0 Å². The van der Waals surface area contributed by atoms with Crippen molar-refractivity contribution in [2.45, 2.75) is 12.4 Å². The molecule has 2 aromatic carbocycles. The number of halogens is 4. The molecule has 2 aromatic rings. The molecule has 114 valence electrons. The zero-order valence-electron chi connectivity index (χ0n) is 11.1. The van der Waals surface area contributed by atoms with Crippen LogP contribution in [0.15, 0.2) is 42.5 Å². The highest BCUT2D eigenvalue weighted by Crippen LogP contribution is 2.26. The number of ether oxygens (including phenoxy) is 1. The summed E-state index contributed by atoms with van der Waals surface area (Å²) in [6, 6.07) is 9.87. The zero-order chi connectivity index (χ0) is 16.3. The van der Waals surface area contributed by atoms with Crippen LogP contribution < -0.4 is 10.5 Å². The maximum atomic E-state index is 13.3. The molecule has 0 spiro atoms. The van der Waals surface area contributed by atoms with Crippen molar-refractivity contribution >= 4 is 0 Å². The Labute approximate surface area is 123 Å². The average molecular weight is 310 g/mol. The van der Waals surface area contributed by atoms with Crippen LogP contribution in [0.5, 0.6) is 5.75 Å². The fraction of sp³-hybridized carbons (Fsp3) is 0.133. The fourth-order valence-corrected chi connectivity index (χ4v) is 1.89. The van der Waals surface area contributed by atoms with Crippen molar-refractivity contribution in [2.24, 2.45) is 5.73 Å². The van der Waals surface area contributed by atoms with Gasteiger partial charge >= 0.3 is 6.36 Å². The van der Waals surface area contributed by atoms with E-state index in [-0.39, 0.29) is 11.3 Å². The summed E-state index contributed by atoms with van der Waals surface area (Å²) in [5.41, 5.74) is 6.80. The van der Waals surface area contributed by atoms with Crippen molar-refractivity contribution < 1.29 is 22.3 Å². The van der Waals surface area contributed by atoms with Crippen LogP contribution in [-0.4, -0.2) is 6.36 Å². The van der Waals surface area contributed by atoms with E-state index in [0.717, 1.165) is 18.2 Å². The molecular formula is C15H10F4N2O. The van der Waals surface area contributed by atoms with Crippen LogP contribution in [0, 0.1) is 17.1 Å². The predicted octanol–water partition coefficient (Wildman–Crippen LogP) is 3.64. The van der Waals surface area contributed by atoms with Gasteiger partial charge in [-0.1, -0.05) is 18.2 Å². The van der Waals surface area contributed by atoms with Crippen LogP contribution in [0.4, 0.5) is 17.6 Å². The van der Waals surface area contributed by atoms with Crippen molar-refractivity contribution in [3.8, 4) is 11.8 Å². The second-order valence-electron chi connectivity index (χ2n) is 4.45. The molecule has 0 aromatic heterocycles. The summed E-state index contributed by atoms with van der Waals surface area (Å²) in [5, 5.41) is 8.79. The minimum absolute atomic E-state index is 0.148. The van der Waals surface area contributed by atoms with Crippen molar-refractivity contribution in [3.05, 3.63) is 65.0 Å². The van der Waals surface area contributed by atoms with Gasteiger partial charge in [-0.3, -0.25) is 0 Å². The van der Waals surface area contributed by atoms with E-state index in [0.29, 0.717) is 11.1 Å². The van der Waals surface area contributed by atoms with Crippen molar-refractivity contribution in [1.29, 1.82) is 5.26 Å². The normalized spacial score (nSPS) is 12.5. The Bertz CT molecular complexity index is 705. The quantitative estimate of drug-likeness (QED) is 0.880. The summed E-state index contributed by atoms with van der Waals surface area (Å²) in [7, 11) is 0. The molecule has 7 heteroatoms. The zero-order valence-corrected chi connectivity index (χ0v) is 11.1. The smallest absolute Gasteiger partial charge is 0.406 e. The number of nitrogens with two attached hydrogens (primary N) is 1. The highest BCUT2D eigenvalue weighted by Gasteiger charge is 2.31. The number of benzene rings is 2. The molecule has 0 unspecified atom stereocenters. The Morgan fingerprint density at radius 3 is 2.18 bits per heavy atom. The van der Waals surface area contributed by atoms with E-state index < -0.39 is 18.2 Å². The SMILES string of the molecule is N#Cc1cc([C@@H](N)c2ccc(OC(F)(F)F)cc2)ccc1F. The van der Waals surface area contributed by atoms with Gasteiger partial charge in [-0.15, -0.1) is 13.2 Å². The molecule has 0 aliphatic heterocycles. The molecular weight excluding hydrogens is 300 g/mol. The number of rotatable bonds is 3. The van der Waals surface area contributed by atoms with Gasteiger partial charge in [-0.05, 0) is 35.4 Å². The van der Waals surface area contributed by atoms with Gasteiger partial charge in [0.15, 0.2) is 0 Å². The van der Waals surface area contributed by atoms with Gasteiger partial charge in [0.05, 0.1) is 11.6 Å². The lowest BCUT2D eigenvalue weighted by atomic mass is 9.98. The predicted molar refractivity (Wildman–Crippen MR) is 70.3 cm³/mol. The Kier molecular flexibility index (Phi) is 4.33. The molecule has 0 saturated heterocycles. The van der Waals surface area contributed by atoms with Gasteiger partial charge in [0.1, 0.15) is 17.6 Å². The molecule has 0 amide bonds. The van der Waals surface area contributed by atoms with Gasteiger partial charge < -0.3 is 10.5 Å². The number of hydrogen-bond acceptors (Lipinski definition) is 3. The second-order valence-corrected chi connectivity index (χ2v) is 4.45. The minimum Gasteiger partial charge on any atom is -0.406 e. The molecule has 0 fully saturated rings. The second kappa shape index (κ2) is 6.03. The number of hydrogen-bond donors (Lipinski definition) is 1. The van der Waals surface area contributed by atoms with Crippen LogP contribution in [0.1, 0.15) is 22.7 Å². The lowest BCUT2D eigenvalue weighted by Gasteiger charge is -2.14. The largest absolute Gasteiger partial charge is 0.573 e. The molecule has 22 heavy (non-hydrogen) atoms. The van der Waals surface area contributed by atoms with Crippen molar-refractivity contribution in [1.82, 2.24) is 0 Å². The van der Waals surface area contributed by atoms with E-state index in [1.54, 1.807) is 6.07 Å². The van der Waals surface area contributed by atoms with Crippen LogP contribution in [0.25, 0.3) is 0 Å². The number of nitriles is 1. The van der Waals surface area contributed by atoms with Gasteiger partial charge in [-0.25, -0.2) is 4.39 Å². The summed E-state index contributed by atoms with van der Waals surface area (Å²) in [4.78, 5) is 0. The van der Waals surface area contributed by atoms with E-state index in [2.05, 4.69) is 4.74 Å². The molecule has 2 rings (SSSR count). The molecule has 0 aliphatic carbocycles. The molecule has 0 bridgehead atoms. The molecule has 1 atom stereocenters.